The first kappa shape index (κ1) is 9.97. The van der Waals surface area contributed by atoms with Gasteiger partial charge in [-0.25, -0.2) is 4.98 Å². The maximum atomic E-state index is 9.17. The van der Waals surface area contributed by atoms with Gasteiger partial charge in [0.1, 0.15) is 10.4 Å². The fourth-order valence-corrected chi connectivity index (χ4v) is 3.32. The Balaban J connectivity index is 1.97. The molecule has 2 aromatic rings. The van der Waals surface area contributed by atoms with Crippen LogP contribution in [0.25, 0.3) is 9.88 Å². The smallest absolute Gasteiger partial charge is 0.146 e. The van der Waals surface area contributed by atoms with Crippen LogP contribution in [0.5, 0.6) is 0 Å². The van der Waals surface area contributed by atoms with Gasteiger partial charge in [0.2, 0.25) is 0 Å². The number of thiazole rings is 1. The highest BCUT2D eigenvalue weighted by molar-refractivity contribution is 7.20. The van der Waals surface area contributed by atoms with Gasteiger partial charge in [-0.05, 0) is 11.4 Å². The van der Waals surface area contributed by atoms with Crippen LogP contribution in [0.15, 0.2) is 22.9 Å². The van der Waals surface area contributed by atoms with Crippen molar-refractivity contribution in [3.63, 3.8) is 0 Å². The van der Waals surface area contributed by atoms with Gasteiger partial charge in [-0.1, -0.05) is 6.07 Å². The Morgan fingerprint density at radius 1 is 1.44 bits per heavy atom. The number of nitrogens with zero attached hydrogens (tertiary/aromatic N) is 2. The minimum Gasteiger partial charge on any atom is -0.377 e. The highest BCUT2D eigenvalue weighted by Crippen LogP contribution is 2.36. The maximum absolute atomic E-state index is 9.17. The van der Waals surface area contributed by atoms with Crippen LogP contribution >= 0.6 is 22.7 Å². The molecule has 0 atom stereocenters. The zero-order valence-corrected chi connectivity index (χ0v) is 9.98. The van der Waals surface area contributed by atoms with E-state index in [1.165, 1.54) is 0 Å². The lowest BCUT2D eigenvalue weighted by atomic mass is 9.85. The summed E-state index contributed by atoms with van der Waals surface area (Å²) < 4.78 is 5.13. The third-order valence-electron chi connectivity index (χ3n) is 2.64. The van der Waals surface area contributed by atoms with Crippen molar-refractivity contribution in [1.29, 1.82) is 5.26 Å². The SMILES string of the molecule is N#CC1(c2csc(-c3cccs3)n2)COC1. The van der Waals surface area contributed by atoms with Crippen molar-refractivity contribution in [2.75, 3.05) is 13.2 Å². The Labute approximate surface area is 101 Å². The van der Waals surface area contributed by atoms with Gasteiger partial charge in [0, 0.05) is 5.38 Å². The molecular formula is C11H8N2OS2. The van der Waals surface area contributed by atoms with E-state index in [0.717, 1.165) is 15.6 Å². The summed E-state index contributed by atoms with van der Waals surface area (Å²) in [6, 6.07) is 6.37. The molecule has 5 heteroatoms. The summed E-state index contributed by atoms with van der Waals surface area (Å²) in [6.45, 7) is 0.939. The summed E-state index contributed by atoms with van der Waals surface area (Å²) in [7, 11) is 0. The van der Waals surface area contributed by atoms with Crippen LogP contribution < -0.4 is 0 Å². The maximum Gasteiger partial charge on any atom is 0.146 e. The molecule has 2 aromatic heterocycles. The molecule has 3 nitrogen and oxygen atoms in total. The first-order valence-electron chi connectivity index (χ1n) is 4.83. The molecule has 0 spiro atoms. The molecule has 0 unspecified atom stereocenters. The highest BCUT2D eigenvalue weighted by Gasteiger charge is 2.43. The van der Waals surface area contributed by atoms with E-state index in [2.05, 4.69) is 11.1 Å². The van der Waals surface area contributed by atoms with Crippen molar-refractivity contribution >= 4 is 22.7 Å². The lowest BCUT2D eigenvalue weighted by Gasteiger charge is -2.33. The number of rotatable bonds is 2. The second-order valence-corrected chi connectivity index (χ2v) is 5.51. The summed E-state index contributed by atoms with van der Waals surface area (Å²) in [4.78, 5) is 5.70. The van der Waals surface area contributed by atoms with E-state index in [9.17, 15) is 0 Å². The molecule has 1 fully saturated rings. The van der Waals surface area contributed by atoms with Gasteiger partial charge in [-0.15, -0.1) is 22.7 Å². The molecule has 0 radical (unpaired) electrons. The lowest BCUT2D eigenvalue weighted by molar-refractivity contribution is -0.0314. The molecule has 0 aromatic carbocycles. The Hall–Kier alpha value is -1.22. The van der Waals surface area contributed by atoms with Gasteiger partial charge < -0.3 is 4.74 Å². The molecule has 0 amide bonds. The average molecular weight is 248 g/mol. The quantitative estimate of drug-likeness (QED) is 0.820. The first-order valence-corrected chi connectivity index (χ1v) is 6.59. The van der Waals surface area contributed by atoms with Crippen LogP contribution in [-0.4, -0.2) is 18.2 Å². The molecule has 1 aliphatic heterocycles. The van der Waals surface area contributed by atoms with Gasteiger partial charge in [0.15, 0.2) is 0 Å². The summed E-state index contributed by atoms with van der Waals surface area (Å²) in [5.74, 6) is 0. The Morgan fingerprint density at radius 2 is 2.31 bits per heavy atom. The predicted molar refractivity (Wildman–Crippen MR) is 63.5 cm³/mol. The summed E-state index contributed by atoms with van der Waals surface area (Å²) >= 11 is 3.26. The number of ether oxygens (including phenoxy) is 1. The summed E-state index contributed by atoms with van der Waals surface area (Å²) in [5.41, 5.74) is 0.362. The second-order valence-electron chi connectivity index (χ2n) is 3.70. The van der Waals surface area contributed by atoms with Crippen LogP contribution in [0.1, 0.15) is 5.69 Å². The highest BCUT2D eigenvalue weighted by atomic mass is 32.1. The molecule has 16 heavy (non-hydrogen) atoms. The topological polar surface area (TPSA) is 45.9 Å². The number of thiophene rings is 1. The van der Waals surface area contributed by atoms with Gasteiger partial charge >= 0.3 is 0 Å². The molecule has 3 heterocycles. The fraction of sp³-hybridized carbons (Fsp3) is 0.273. The summed E-state index contributed by atoms with van der Waals surface area (Å²) in [6.07, 6.45) is 0. The molecule has 0 saturated carbocycles. The molecular weight excluding hydrogens is 240 g/mol. The van der Waals surface area contributed by atoms with E-state index in [4.69, 9.17) is 10.00 Å². The van der Waals surface area contributed by atoms with Crippen LogP contribution in [0.3, 0.4) is 0 Å². The van der Waals surface area contributed by atoms with E-state index in [1.54, 1.807) is 22.7 Å². The van der Waals surface area contributed by atoms with Crippen molar-refractivity contribution in [2.45, 2.75) is 5.41 Å². The van der Waals surface area contributed by atoms with Crippen LogP contribution in [0.2, 0.25) is 0 Å². The number of nitriles is 1. The lowest BCUT2D eigenvalue weighted by Crippen LogP contribution is -2.45. The van der Waals surface area contributed by atoms with E-state index in [0.29, 0.717) is 13.2 Å². The monoisotopic (exact) mass is 248 g/mol. The molecule has 0 N–H and O–H groups in total. The second kappa shape index (κ2) is 3.67. The van der Waals surface area contributed by atoms with Crippen molar-refractivity contribution in [2.24, 2.45) is 0 Å². The number of aromatic nitrogens is 1. The van der Waals surface area contributed by atoms with Crippen molar-refractivity contribution < 1.29 is 4.74 Å². The fourth-order valence-electron chi connectivity index (χ4n) is 1.58. The third kappa shape index (κ3) is 1.39. The molecule has 3 rings (SSSR count). The van der Waals surface area contributed by atoms with Crippen molar-refractivity contribution in [1.82, 2.24) is 4.98 Å². The van der Waals surface area contributed by atoms with E-state index in [1.807, 2.05) is 22.9 Å². The van der Waals surface area contributed by atoms with Gasteiger partial charge in [-0.3, -0.25) is 0 Å². The van der Waals surface area contributed by atoms with Crippen molar-refractivity contribution in [3.05, 3.63) is 28.6 Å². The Bertz CT molecular complexity index is 535. The third-order valence-corrected chi connectivity index (χ3v) is 4.52. The molecule has 0 bridgehead atoms. The number of hydrogen-bond donors (Lipinski definition) is 0. The molecule has 80 valence electrons. The minimum absolute atomic E-state index is 0.469. The largest absolute Gasteiger partial charge is 0.377 e. The summed E-state index contributed by atoms with van der Waals surface area (Å²) in [5, 5.41) is 14.2. The van der Waals surface area contributed by atoms with Crippen LogP contribution in [-0.2, 0) is 10.2 Å². The Kier molecular flexibility index (Phi) is 2.28. The zero-order chi connectivity index (χ0) is 11.0. The van der Waals surface area contributed by atoms with Crippen molar-refractivity contribution in [3.8, 4) is 16.0 Å². The zero-order valence-electron chi connectivity index (χ0n) is 8.34. The van der Waals surface area contributed by atoms with Crippen LogP contribution in [0.4, 0.5) is 0 Å². The standard InChI is InChI=1S/C11H8N2OS2/c12-5-11(6-14-7-11)9-4-16-10(13-9)8-2-1-3-15-8/h1-4H,6-7H2. The minimum atomic E-state index is -0.494. The normalized spacial score (nSPS) is 17.7. The van der Waals surface area contributed by atoms with Crippen LogP contribution in [0, 0.1) is 11.3 Å². The predicted octanol–water partition coefficient (Wildman–Crippen LogP) is 2.66. The average Bonchev–Trinajstić information content (AvgIpc) is 2.86. The number of hydrogen-bond acceptors (Lipinski definition) is 5. The first-order chi connectivity index (χ1) is 7.84. The Morgan fingerprint density at radius 3 is 2.88 bits per heavy atom. The van der Waals surface area contributed by atoms with Gasteiger partial charge in [0.25, 0.3) is 0 Å². The van der Waals surface area contributed by atoms with Gasteiger partial charge in [-0.2, -0.15) is 5.26 Å². The van der Waals surface area contributed by atoms with E-state index in [-0.39, 0.29) is 0 Å². The van der Waals surface area contributed by atoms with Gasteiger partial charge in [0.05, 0.1) is 29.9 Å². The molecule has 1 aliphatic rings. The molecule has 0 aliphatic carbocycles. The van der Waals surface area contributed by atoms with E-state index >= 15 is 0 Å². The van der Waals surface area contributed by atoms with E-state index < -0.39 is 5.41 Å². The molecule has 1 saturated heterocycles.